The lowest BCUT2D eigenvalue weighted by Crippen LogP contribution is -2.53. The van der Waals surface area contributed by atoms with E-state index < -0.39 is 5.60 Å². The predicted molar refractivity (Wildman–Crippen MR) is 66.7 cm³/mol. The summed E-state index contributed by atoms with van der Waals surface area (Å²) in [7, 11) is 0. The van der Waals surface area contributed by atoms with E-state index in [0.29, 0.717) is 12.0 Å². The van der Waals surface area contributed by atoms with Gasteiger partial charge in [0, 0.05) is 18.6 Å². The van der Waals surface area contributed by atoms with Crippen molar-refractivity contribution in [1.82, 2.24) is 4.90 Å². The van der Waals surface area contributed by atoms with E-state index >= 15 is 0 Å². The van der Waals surface area contributed by atoms with Crippen LogP contribution in [0.4, 0.5) is 4.79 Å². The van der Waals surface area contributed by atoms with Crippen LogP contribution in [0.1, 0.15) is 46.5 Å². The highest BCUT2D eigenvalue weighted by Crippen LogP contribution is 2.33. The van der Waals surface area contributed by atoms with Crippen LogP contribution in [-0.4, -0.2) is 35.2 Å². The van der Waals surface area contributed by atoms with Crippen LogP contribution in [0, 0.1) is 5.92 Å². The normalized spacial score (nSPS) is 33.4. The van der Waals surface area contributed by atoms with Gasteiger partial charge in [0.15, 0.2) is 0 Å². The molecular formula is C13H24N2O2. The molecule has 4 nitrogen and oxygen atoms in total. The Balaban J connectivity index is 2.05. The number of piperidine rings is 1. The van der Waals surface area contributed by atoms with Gasteiger partial charge in [-0.2, -0.15) is 0 Å². The highest BCUT2D eigenvalue weighted by molar-refractivity contribution is 5.68. The number of rotatable bonds is 0. The third-order valence-corrected chi connectivity index (χ3v) is 3.76. The standard InChI is InChI=1S/C13H24N2O2/c1-13(2,3)17-12(16)15-8-9-5-4-6-10(15)7-11(9)14/h9-11H,4-8,14H2,1-3H3/t9?,10-,11-/m0/s1. The van der Waals surface area contributed by atoms with Crippen molar-refractivity contribution >= 4 is 6.09 Å². The lowest BCUT2D eigenvalue weighted by molar-refractivity contribution is 0.00385. The molecule has 0 radical (unpaired) electrons. The van der Waals surface area contributed by atoms with E-state index in [4.69, 9.17) is 10.5 Å². The SMILES string of the molecule is CC(C)(C)OC(=O)N1CC2CCC[C@H]1C[C@@H]2N. The van der Waals surface area contributed by atoms with Gasteiger partial charge in [-0.15, -0.1) is 0 Å². The predicted octanol–water partition coefficient (Wildman–Crippen LogP) is 2.12. The first-order chi connectivity index (χ1) is 7.87. The molecule has 2 heterocycles. The van der Waals surface area contributed by atoms with Crippen LogP contribution < -0.4 is 5.73 Å². The van der Waals surface area contributed by atoms with Gasteiger partial charge in [-0.25, -0.2) is 4.79 Å². The minimum Gasteiger partial charge on any atom is -0.444 e. The molecule has 1 unspecified atom stereocenters. The molecule has 1 aliphatic carbocycles. The van der Waals surface area contributed by atoms with Gasteiger partial charge in [-0.3, -0.25) is 0 Å². The van der Waals surface area contributed by atoms with Gasteiger partial charge >= 0.3 is 6.09 Å². The van der Waals surface area contributed by atoms with E-state index in [2.05, 4.69) is 0 Å². The summed E-state index contributed by atoms with van der Waals surface area (Å²) in [4.78, 5) is 14.0. The zero-order valence-electron chi connectivity index (χ0n) is 11.1. The fourth-order valence-electron chi connectivity index (χ4n) is 2.91. The molecule has 0 aromatic carbocycles. The van der Waals surface area contributed by atoms with Crippen molar-refractivity contribution in [2.24, 2.45) is 11.7 Å². The molecule has 3 atom stereocenters. The van der Waals surface area contributed by atoms with Crippen molar-refractivity contribution in [2.75, 3.05) is 6.54 Å². The van der Waals surface area contributed by atoms with Crippen LogP contribution in [0.25, 0.3) is 0 Å². The highest BCUT2D eigenvalue weighted by atomic mass is 16.6. The maximum absolute atomic E-state index is 12.1. The minimum absolute atomic E-state index is 0.165. The molecule has 1 amide bonds. The van der Waals surface area contributed by atoms with E-state index in [-0.39, 0.29) is 12.1 Å². The summed E-state index contributed by atoms with van der Waals surface area (Å²) >= 11 is 0. The van der Waals surface area contributed by atoms with Crippen LogP contribution in [0.15, 0.2) is 0 Å². The first kappa shape index (κ1) is 12.7. The average molecular weight is 240 g/mol. The van der Waals surface area contributed by atoms with Crippen molar-refractivity contribution in [3.8, 4) is 0 Å². The second-order valence-electron chi connectivity index (χ2n) is 6.38. The van der Waals surface area contributed by atoms with Crippen LogP contribution >= 0.6 is 0 Å². The van der Waals surface area contributed by atoms with E-state index in [1.807, 2.05) is 25.7 Å². The molecule has 1 saturated carbocycles. The number of fused-ring (bicyclic) bond motifs is 4. The summed E-state index contributed by atoms with van der Waals surface area (Å²) in [5, 5.41) is 0. The third-order valence-electron chi connectivity index (χ3n) is 3.76. The lowest BCUT2D eigenvalue weighted by atomic mass is 9.90. The topological polar surface area (TPSA) is 55.6 Å². The zero-order chi connectivity index (χ0) is 12.6. The number of ether oxygens (including phenoxy) is 1. The molecular weight excluding hydrogens is 216 g/mol. The maximum Gasteiger partial charge on any atom is 0.410 e. The Hall–Kier alpha value is -0.770. The van der Waals surface area contributed by atoms with Crippen molar-refractivity contribution < 1.29 is 9.53 Å². The number of hydrogen-bond acceptors (Lipinski definition) is 3. The Morgan fingerprint density at radius 1 is 1.35 bits per heavy atom. The molecule has 3 fully saturated rings. The number of amides is 1. The summed E-state index contributed by atoms with van der Waals surface area (Å²) in [5.41, 5.74) is 5.72. The quantitative estimate of drug-likeness (QED) is 0.705. The molecule has 3 aliphatic rings. The summed E-state index contributed by atoms with van der Waals surface area (Å²) in [6.45, 7) is 6.51. The summed E-state index contributed by atoms with van der Waals surface area (Å²) < 4.78 is 5.47. The second kappa shape index (κ2) is 4.48. The molecule has 17 heavy (non-hydrogen) atoms. The van der Waals surface area contributed by atoms with Gasteiger partial charge in [-0.1, -0.05) is 6.42 Å². The van der Waals surface area contributed by atoms with E-state index in [1.54, 1.807) is 0 Å². The number of nitrogens with zero attached hydrogens (tertiary/aromatic N) is 1. The van der Waals surface area contributed by atoms with E-state index in [9.17, 15) is 4.79 Å². The van der Waals surface area contributed by atoms with Crippen LogP contribution in [0.3, 0.4) is 0 Å². The smallest absolute Gasteiger partial charge is 0.410 e. The fourth-order valence-corrected chi connectivity index (χ4v) is 2.91. The van der Waals surface area contributed by atoms with Crippen molar-refractivity contribution in [3.63, 3.8) is 0 Å². The summed E-state index contributed by atoms with van der Waals surface area (Å²) in [6, 6.07) is 0.555. The Kier molecular flexibility index (Phi) is 3.34. The van der Waals surface area contributed by atoms with Gasteiger partial charge in [0.05, 0.1) is 0 Å². The Bertz CT molecular complexity index is 298. The first-order valence-electron chi connectivity index (χ1n) is 6.62. The van der Waals surface area contributed by atoms with Crippen molar-refractivity contribution in [3.05, 3.63) is 0 Å². The monoisotopic (exact) mass is 240 g/mol. The average Bonchev–Trinajstić information content (AvgIpc) is 2.46. The van der Waals surface area contributed by atoms with Crippen molar-refractivity contribution in [1.29, 1.82) is 0 Å². The molecule has 0 aromatic rings. The molecule has 0 aromatic heterocycles. The molecule has 3 rings (SSSR count). The fraction of sp³-hybridized carbons (Fsp3) is 0.923. The van der Waals surface area contributed by atoms with Crippen molar-refractivity contribution in [2.45, 2.75) is 64.1 Å². The maximum atomic E-state index is 12.1. The molecule has 4 heteroatoms. The number of carbonyl (C=O) groups excluding carboxylic acids is 1. The molecule has 0 spiro atoms. The highest BCUT2D eigenvalue weighted by Gasteiger charge is 2.39. The van der Waals surface area contributed by atoms with Gasteiger partial charge in [-0.05, 0) is 46.0 Å². The van der Waals surface area contributed by atoms with Gasteiger partial charge < -0.3 is 15.4 Å². The van der Waals surface area contributed by atoms with Gasteiger partial charge in [0.2, 0.25) is 0 Å². The Labute approximate surface area is 103 Å². The second-order valence-corrected chi connectivity index (χ2v) is 6.38. The number of nitrogens with two attached hydrogens (primary N) is 1. The summed E-state index contributed by atoms with van der Waals surface area (Å²) in [5.74, 6) is 0.460. The molecule has 2 N–H and O–H groups in total. The molecule has 2 bridgehead atoms. The first-order valence-corrected chi connectivity index (χ1v) is 6.62. The lowest BCUT2D eigenvalue weighted by Gasteiger charge is -2.40. The number of carbonyl (C=O) groups is 1. The van der Waals surface area contributed by atoms with Crippen LogP contribution in [-0.2, 0) is 4.74 Å². The van der Waals surface area contributed by atoms with Crippen LogP contribution in [0.2, 0.25) is 0 Å². The van der Waals surface area contributed by atoms with Gasteiger partial charge in [0.25, 0.3) is 0 Å². The molecule has 2 aliphatic heterocycles. The van der Waals surface area contributed by atoms with Gasteiger partial charge in [0.1, 0.15) is 5.60 Å². The zero-order valence-corrected chi connectivity index (χ0v) is 11.1. The largest absolute Gasteiger partial charge is 0.444 e. The molecule has 2 saturated heterocycles. The third kappa shape index (κ3) is 2.92. The number of hydrogen-bond donors (Lipinski definition) is 1. The van der Waals surface area contributed by atoms with E-state index in [1.165, 1.54) is 6.42 Å². The Morgan fingerprint density at radius 2 is 2.06 bits per heavy atom. The molecule has 98 valence electrons. The van der Waals surface area contributed by atoms with Crippen LogP contribution in [0.5, 0.6) is 0 Å². The summed E-state index contributed by atoms with van der Waals surface area (Å²) in [6.07, 6.45) is 4.17. The minimum atomic E-state index is -0.412. The Morgan fingerprint density at radius 3 is 2.71 bits per heavy atom. The van der Waals surface area contributed by atoms with E-state index in [0.717, 1.165) is 25.8 Å².